The molecule has 3 nitrogen and oxygen atoms in total. The molecule has 1 aromatic rings. The van der Waals surface area contributed by atoms with Gasteiger partial charge in [0.15, 0.2) is 0 Å². The van der Waals surface area contributed by atoms with Gasteiger partial charge in [-0.3, -0.25) is 4.90 Å². The Morgan fingerprint density at radius 2 is 2.00 bits per heavy atom. The van der Waals surface area contributed by atoms with E-state index in [-0.39, 0.29) is 0 Å². The van der Waals surface area contributed by atoms with Crippen molar-refractivity contribution in [2.45, 2.75) is 12.6 Å². The van der Waals surface area contributed by atoms with Crippen LogP contribution in [0.1, 0.15) is 5.56 Å². The van der Waals surface area contributed by atoms with Crippen LogP contribution in [0.4, 0.5) is 0 Å². The molecule has 94 valence electrons. The zero-order valence-electron chi connectivity index (χ0n) is 10.9. The zero-order chi connectivity index (χ0) is 12.1. The third-order valence-electron chi connectivity index (χ3n) is 3.48. The van der Waals surface area contributed by atoms with Crippen LogP contribution in [0.5, 0.6) is 0 Å². The van der Waals surface area contributed by atoms with E-state index in [0.29, 0.717) is 6.04 Å². The molecule has 1 N–H and O–H groups in total. The van der Waals surface area contributed by atoms with Crippen LogP contribution < -0.4 is 5.32 Å². The Hall–Kier alpha value is -0.900. The van der Waals surface area contributed by atoms with Crippen molar-refractivity contribution in [2.75, 3.05) is 40.3 Å². The molecule has 0 amide bonds. The van der Waals surface area contributed by atoms with Crippen LogP contribution in [0.25, 0.3) is 0 Å². The monoisotopic (exact) mass is 233 g/mol. The number of rotatable bonds is 4. The number of nitrogens with one attached hydrogen (secondary N) is 1. The van der Waals surface area contributed by atoms with Gasteiger partial charge in [0, 0.05) is 38.8 Å². The molecule has 17 heavy (non-hydrogen) atoms. The van der Waals surface area contributed by atoms with Crippen LogP contribution >= 0.6 is 0 Å². The minimum atomic E-state index is 0.624. The Bertz CT molecular complexity index is 325. The second-order valence-electron chi connectivity index (χ2n) is 4.93. The van der Waals surface area contributed by atoms with E-state index >= 15 is 0 Å². The van der Waals surface area contributed by atoms with Crippen molar-refractivity contribution in [1.29, 1.82) is 0 Å². The molecule has 0 saturated carbocycles. The molecule has 1 aliphatic heterocycles. The molecular weight excluding hydrogens is 210 g/mol. The van der Waals surface area contributed by atoms with Crippen molar-refractivity contribution >= 4 is 0 Å². The number of hydrogen-bond donors (Lipinski definition) is 1. The van der Waals surface area contributed by atoms with Gasteiger partial charge in [0.1, 0.15) is 0 Å². The summed E-state index contributed by atoms with van der Waals surface area (Å²) in [4.78, 5) is 5.01. The quantitative estimate of drug-likeness (QED) is 0.838. The highest BCUT2D eigenvalue weighted by Gasteiger charge is 2.24. The van der Waals surface area contributed by atoms with Crippen molar-refractivity contribution in [3.8, 4) is 0 Å². The van der Waals surface area contributed by atoms with Crippen LogP contribution in [-0.2, 0) is 6.54 Å². The molecule has 2 rings (SSSR count). The molecule has 1 aromatic carbocycles. The topological polar surface area (TPSA) is 18.5 Å². The Balaban J connectivity index is 1.98. The lowest BCUT2D eigenvalue weighted by Crippen LogP contribution is -2.54. The molecule has 3 heteroatoms. The second-order valence-corrected chi connectivity index (χ2v) is 4.93. The van der Waals surface area contributed by atoms with Gasteiger partial charge in [-0.2, -0.15) is 0 Å². The maximum atomic E-state index is 3.31. The highest BCUT2D eigenvalue weighted by molar-refractivity contribution is 5.14. The van der Waals surface area contributed by atoms with Crippen LogP contribution in [-0.4, -0.2) is 56.1 Å². The Morgan fingerprint density at radius 3 is 2.71 bits per heavy atom. The Labute approximate surface area is 104 Å². The van der Waals surface area contributed by atoms with Gasteiger partial charge in [-0.05, 0) is 19.7 Å². The molecule has 1 heterocycles. The van der Waals surface area contributed by atoms with Crippen LogP contribution in [0.2, 0.25) is 0 Å². The summed E-state index contributed by atoms with van der Waals surface area (Å²) < 4.78 is 0. The average Bonchev–Trinajstić information content (AvgIpc) is 2.34. The van der Waals surface area contributed by atoms with E-state index < -0.39 is 0 Å². The van der Waals surface area contributed by atoms with Crippen molar-refractivity contribution in [1.82, 2.24) is 15.1 Å². The Morgan fingerprint density at radius 1 is 1.24 bits per heavy atom. The molecule has 1 fully saturated rings. The lowest BCUT2D eigenvalue weighted by molar-refractivity contribution is 0.0841. The van der Waals surface area contributed by atoms with E-state index in [4.69, 9.17) is 0 Å². The summed E-state index contributed by atoms with van der Waals surface area (Å²) in [6.07, 6.45) is 0. The average molecular weight is 233 g/mol. The standard InChI is InChI=1S/C14H23N3/c1-15-10-14-12-16(2)8-9-17(14)11-13-6-4-3-5-7-13/h3-7,14-15H,8-12H2,1-2H3. The van der Waals surface area contributed by atoms with Gasteiger partial charge in [-0.1, -0.05) is 30.3 Å². The first-order valence-electron chi connectivity index (χ1n) is 6.40. The molecule has 0 radical (unpaired) electrons. The third kappa shape index (κ3) is 3.53. The number of benzene rings is 1. The van der Waals surface area contributed by atoms with Crippen LogP contribution in [0, 0.1) is 0 Å². The number of hydrogen-bond acceptors (Lipinski definition) is 3. The minimum Gasteiger partial charge on any atom is -0.318 e. The number of likely N-dealkylation sites (N-methyl/N-ethyl adjacent to an activating group) is 2. The summed E-state index contributed by atoms with van der Waals surface area (Å²) in [6, 6.07) is 11.4. The molecular formula is C14H23N3. The first-order chi connectivity index (χ1) is 8.29. The summed E-state index contributed by atoms with van der Waals surface area (Å²) in [6.45, 7) is 5.64. The normalized spacial score (nSPS) is 22.8. The van der Waals surface area contributed by atoms with Crippen LogP contribution in [0.15, 0.2) is 30.3 Å². The van der Waals surface area contributed by atoms with E-state index in [9.17, 15) is 0 Å². The molecule has 1 atom stereocenters. The predicted molar refractivity (Wildman–Crippen MR) is 72.1 cm³/mol. The van der Waals surface area contributed by atoms with Gasteiger partial charge in [-0.15, -0.1) is 0 Å². The van der Waals surface area contributed by atoms with Crippen molar-refractivity contribution in [3.05, 3.63) is 35.9 Å². The maximum absolute atomic E-state index is 3.31. The van der Waals surface area contributed by atoms with Gasteiger partial charge in [-0.25, -0.2) is 0 Å². The second kappa shape index (κ2) is 6.15. The smallest absolute Gasteiger partial charge is 0.0351 e. The largest absolute Gasteiger partial charge is 0.318 e. The van der Waals surface area contributed by atoms with Gasteiger partial charge < -0.3 is 10.2 Å². The van der Waals surface area contributed by atoms with E-state index in [0.717, 1.165) is 26.2 Å². The van der Waals surface area contributed by atoms with Crippen LogP contribution in [0.3, 0.4) is 0 Å². The predicted octanol–water partition coefficient (Wildman–Crippen LogP) is 1.02. The highest BCUT2D eigenvalue weighted by Crippen LogP contribution is 2.12. The lowest BCUT2D eigenvalue weighted by atomic mass is 10.1. The number of piperazine rings is 1. The summed E-state index contributed by atoms with van der Waals surface area (Å²) in [7, 11) is 4.25. The van der Waals surface area contributed by atoms with E-state index in [1.165, 1.54) is 12.1 Å². The van der Waals surface area contributed by atoms with Gasteiger partial charge >= 0.3 is 0 Å². The minimum absolute atomic E-state index is 0.624. The van der Waals surface area contributed by atoms with Crippen molar-refractivity contribution < 1.29 is 0 Å². The SMILES string of the molecule is CNCC1CN(C)CCN1Cc1ccccc1. The number of nitrogens with zero attached hydrogens (tertiary/aromatic N) is 2. The fourth-order valence-electron chi connectivity index (χ4n) is 2.50. The van der Waals surface area contributed by atoms with E-state index in [1.807, 2.05) is 7.05 Å². The van der Waals surface area contributed by atoms with Crippen molar-refractivity contribution in [2.24, 2.45) is 0 Å². The van der Waals surface area contributed by atoms with Gasteiger partial charge in [0.25, 0.3) is 0 Å². The highest BCUT2D eigenvalue weighted by atomic mass is 15.3. The first-order valence-corrected chi connectivity index (χ1v) is 6.40. The molecule has 0 spiro atoms. The van der Waals surface area contributed by atoms with E-state index in [1.54, 1.807) is 0 Å². The summed E-state index contributed by atoms with van der Waals surface area (Å²) in [5.41, 5.74) is 1.41. The molecule has 1 unspecified atom stereocenters. The lowest BCUT2D eigenvalue weighted by Gasteiger charge is -2.40. The van der Waals surface area contributed by atoms with Gasteiger partial charge in [0.2, 0.25) is 0 Å². The molecule has 0 bridgehead atoms. The Kier molecular flexibility index (Phi) is 4.54. The fraction of sp³-hybridized carbons (Fsp3) is 0.571. The summed E-state index contributed by atoms with van der Waals surface area (Å²) >= 11 is 0. The molecule has 1 saturated heterocycles. The summed E-state index contributed by atoms with van der Waals surface area (Å²) in [5.74, 6) is 0. The maximum Gasteiger partial charge on any atom is 0.0351 e. The zero-order valence-corrected chi connectivity index (χ0v) is 10.9. The summed E-state index contributed by atoms with van der Waals surface area (Å²) in [5, 5.41) is 3.31. The third-order valence-corrected chi connectivity index (χ3v) is 3.48. The molecule has 0 aromatic heterocycles. The van der Waals surface area contributed by atoms with E-state index in [2.05, 4.69) is 52.5 Å². The first kappa shape index (κ1) is 12.6. The van der Waals surface area contributed by atoms with Crippen molar-refractivity contribution in [3.63, 3.8) is 0 Å². The molecule has 1 aliphatic rings. The fourth-order valence-corrected chi connectivity index (χ4v) is 2.50. The molecule has 0 aliphatic carbocycles. The van der Waals surface area contributed by atoms with Gasteiger partial charge in [0.05, 0.1) is 0 Å².